The van der Waals surface area contributed by atoms with Gasteiger partial charge in [-0.05, 0) is 48.5 Å². The number of amides is 1. The van der Waals surface area contributed by atoms with E-state index >= 15 is 0 Å². The van der Waals surface area contributed by atoms with E-state index in [-0.39, 0.29) is 17.1 Å². The first-order valence-electron chi connectivity index (χ1n) is 8.43. The Morgan fingerprint density at radius 1 is 1.12 bits per heavy atom. The zero-order chi connectivity index (χ0) is 16.6. The number of nitrogens with zero attached hydrogens (tertiary/aromatic N) is 2. The van der Waals surface area contributed by atoms with E-state index in [9.17, 15) is 9.18 Å². The fourth-order valence-electron chi connectivity index (χ4n) is 3.99. The highest BCUT2D eigenvalue weighted by atomic mass is 32.1. The van der Waals surface area contributed by atoms with Gasteiger partial charge in [0.25, 0.3) is 0 Å². The molecular weight excluding hydrogens is 323 g/mol. The van der Waals surface area contributed by atoms with Gasteiger partial charge in [-0.25, -0.2) is 4.39 Å². The zero-order valence-electron chi connectivity index (χ0n) is 13.6. The van der Waals surface area contributed by atoms with Crippen molar-refractivity contribution in [1.82, 2.24) is 9.80 Å². The fraction of sp³-hybridized carbons (Fsp3) is 0.421. The number of likely N-dealkylation sites (tertiary alicyclic amines) is 2. The van der Waals surface area contributed by atoms with Gasteiger partial charge in [0, 0.05) is 31.1 Å². The smallest absolute Gasteiger partial charge is 0.230 e. The predicted octanol–water partition coefficient (Wildman–Crippen LogP) is 3.51. The molecule has 1 aromatic carbocycles. The Kier molecular flexibility index (Phi) is 4.14. The average molecular weight is 344 g/mol. The predicted molar refractivity (Wildman–Crippen MR) is 93.1 cm³/mol. The van der Waals surface area contributed by atoms with Crippen LogP contribution in [0, 0.1) is 11.2 Å². The zero-order valence-corrected chi connectivity index (χ0v) is 14.4. The molecule has 1 aromatic heterocycles. The van der Waals surface area contributed by atoms with Crippen molar-refractivity contribution >= 4 is 17.2 Å². The van der Waals surface area contributed by atoms with Gasteiger partial charge >= 0.3 is 0 Å². The molecule has 0 saturated carbocycles. The molecule has 3 heterocycles. The second-order valence-corrected chi connectivity index (χ2v) is 7.96. The minimum atomic E-state index is -0.239. The van der Waals surface area contributed by atoms with Crippen LogP contribution in [0.15, 0.2) is 41.8 Å². The molecule has 0 radical (unpaired) electrons. The highest BCUT2D eigenvalue weighted by Crippen LogP contribution is 2.41. The average Bonchev–Trinajstić information content (AvgIpc) is 3.27. The molecule has 1 amide bonds. The van der Waals surface area contributed by atoms with Crippen molar-refractivity contribution in [3.63, 3.8) is 0 Å². The van der Waals surface area contributed by atoms with Crippen LogP contribution in [0.1, 0.15) is 23.3 Å². The quantitative estimate of drug-likeness (QED) is 0.847. The van der Waals surface area contributed by atoms with Crippen molar-refractivity contribution in [3.05, 3.63) is 58.0 Å². The van der Waals surface area contributed by atoms with E-state index in [0.717, 1.165) is 44.6 Å². The van der Waals surface area contributed by atoms with E-state index in [1.54, 1.807) is 17.4 Å². The Hall–Kier alpha value is -1.72. The monoisotopic (exact) mass is 344 g/mol. The molecule has 1 spiro atoms. The number of benzene rings is 1. The van der Waals surface area contributed by atoms with E-state index in [0.29, 0.717) is 6.54 Å². The molecule has 2 aliphatic heterocycles. The number of hydrogen-bond acceptors (Lipinski definition) is 3. The van der Waals surface area contributed by atoms with Crippen molar-refractivity contribution in [1.29, 1.82) is 0 Å². The molecule has 0 bridgehead atoms. The Labute approximate surface area is 145 Å². The van der Waals surface area contributed by atoms with Crippen molar-refractivity contribution in [2.24, 2.45) is 5.41 Å². The number of halogens is 1. The van der Waals surface area contributed by atoms with Crippen LogP contribution < -0.4 is 0 Å². The summed E-state index contributed by atoms with van der Waals surface area (Å²) in [4.78, 5) is 18.6. The largest absolute Gasteiger partial charge is 0.338 e. The lowest BCUT2D eigenvalue weighted by Gasteiger charge is -2.23. The van der Waals surface area contributed by atoms with Crippen LogP contribution in [0.5, 0.6) is 0 Å². The molecule has 2 aromatic rings. The van der Waals surface area contributed by atoms with Gasteiger partial charge in [-0.15, -0.1) is 11.3 Å². The third-order valence-electron chi connectivity index (χ3n) is 5.26. The maximum Gasteiger partial charge on any atom is 0.230 e. The normalized spacial score (nSPS) is 24.4. The first-order chi connectivity index (χ1) is 11.6. The third-order valence-corrected chi connectivity index (χ3v) is 6.12. The van der Waals surface area contributed by atoms with Crippen LogP contribution in [0.25, 0.3) is 0 Å². The Morgan fingerprint density at radius 2 is 2.00 bits per heavy atom. The van der Waals surface area contributed by atoms with Crippen LogP contribution in [-0.4, -0.2) is 35.3 Å². The van der Waals surface area contributed by atoms with Gasteiger partial charge in [0.15, 0.2) is 0 Å². The maximum atomic E-state index is 13.4. The van der Waals surface area contributed by atoms with Gasteiger partial charge in [0.1, 0.15) is 5.82 Å². The lowest BCUT2D eigenvalue weighted by atomic mass is 9.85. The van der Waals surface area contributed by atoms with Crippen molar-refractivity contribution in [2.45, 2.75) is 25.9 Å². The number of rotatable bonds is 4. The molecule has 24 heavy (non-hydrogen) atoms. The van der Waals surface area contributed by atoms with E-state index in [1.165, 1.54) is 17.0 Å². The summed E-state index contributed by atoms with van der Waals surface area (Å²) in [5.74, 6) is 0.0114. The molecule has 3 nitrogen and oxygen atoms in total. The molecule has 126 valence electrons. The summed E-state index contributed by atoms with van der Waals surface area (Å²) in [5, 5.41) is 2.10. The summed E-state index contributed by atoms with van der Waals surface area (Å²) in [6, 6.07) is 10.8. The van der Waals surface area contributed by atoms with Crippen LogP contribution in [0.3, 0.4) is 0 Å². The van der Waals surface area contributed by atoms with E-state index < -0.39 is 0 Å². The van der Waals surface area contributed by atoms with Gasteiger partial charge in [-0.2, -0.15) is 0 Å². The number of thiophene rings is 1. The Bertz CT molecular complexity index is 733. The highest BCUT2D eigenvalue weighted by Gasteiger charge is 2.50. The number of hydrogen-bond donors (Lipinski definition) is 0. The van der Waals surface area contributed by atoms with Crippen molar-refractivity contribution < 1.29 is 9.18 Å². The van der Waals surface area contributed by atoms with Gasteiger partial charge in [-0.1, -0.05) is 18.2 Å². The summed E-state index contributed by atoms with van der Waals surface area (Å²) in [7, 11) is 0. The van der Waals surface area contributed by atoms with Crippen LogP contribution in [0.4, 0.5) is 4.39 Å². The minimum absolute atomic E-state index is 0.218. The topological polar surface area (TPSA) is 23.6 Å². The van der Waals surface area contributed by atoms with Gasteiger partial charge in [0.2, 0.25) is 5.91 Å². The Morgan fingerprint density at radius 3 is 2.79 bits per heavy atom. The third kappa shape index (κ3) is 2.98. The van der Waals surface area contributed by atoms with Crippen molar-refractivity contribution in [2.75, 3.05) is 19.6 Å². The molecule has 2 fully saturated rings. The summed E-state index contributed by atoms with van der Waals surface area (Å²) in [6.07, 6.45) is 1.86. The Balaban J connectivity index is 1.41. The molecule has 0 aliphatic carbocycles. The molecule has 1 unspecified atom stereocenters. The van der Waals surface area contributed by atoms with Gasteiger partial charge in [0.05, 0.1) is 5.41 Å². The van der Waals surface area contributed by atoms with E-state index in [1.807, 2.05) is 11.0 Å². The van der Waals surface area contributed by atoms with Crippen LogP contribution >= 0.6 is 11.3 Å². The minimum Gasteiger partial charge on any atom is -0.338 e. The SMILES string of the molecule is O=C1N(Cc2cccc(F)c2)CCC12CCN(Cc1cccs1)C2. The van der Waals surface area contributed by atoms with E-state index in [4.69, 9.17) is 0 Å². The maximum absolute atomic E-state index is 13.4. The summed E-state index contributed by atoms with van der Waals surface area (Å²) < 4.78 is 13.4. The molecule has 4 rings (SSSR count). The molecule has 0 N–H and O–H groups in total. The molecule has 5 heteroatoms. The molecular formula is C19H21FN2OS. The van der Waals surface area contributed by atoms with Crippen LogP contribution in [-0.2, 0) is 17.9 Å². The lowest BCUT2D eigenvalue weighted by molar-refractivity contribution is -0.136. The lowest BCUT2D eigenvalue weighted by Crippen LogP contribution is -2.36. The van der Waals surface area contributed by atoms with Gasteiger partial charge < -0.3 is 4.90 Å². The fourth-order valence-corrected chi connectivity index (χ4v) is 4.74. The highest BCUT2D eigenvalue weighted by molar-refractivity contribution is 7.09. The second kappa shape index (κ2) is 6.30. The molecule has 2 aliphatic rings. The number of carbonyl (C=O) groups excluding carboxylic acids is 1. The molecule has 1 atom stereocenters. The second-order valence-electron chi connectivity index (χ2n) is 6.93. The first kappa shape index (κ1) is 15.8. The summed E-state index contributed by atoms with van der Waals surface area (Å²) in [6.45, 7) is 4.07. The summed E-state index contributed by atoms with van der Waals surface area (Å²) in [5.41, 5.74) is 0.652. The number of carbonyl (C=O) groups is 1. The standard InChI is InChI=1S/C19H21FN2OS/c20-16-4-1-3-15(11-16)12-22-9-7-19(18(22)23)6-8-21(14-19)13-17-5-2-10-24-17/h1-5,10-11H,6-9,12-14H2. The first-order valence-corrected chi connectivity index (χ1v) is 9.31. The van der Waals surface area contributed by atoms with Crippen molar-refractivity contribution in [3.8, 4) is 0 Å². The molecule has 2 saturated heterocycles. The van der Waals surface area contributed by atoms with E-state index in [2.05, 4.69) is 22.4 Å². The van der Waals surface area contributed by atoms with Crippen LogP contribution in [0.2, 0.25) is 0 Å². The summed E-state index contributed by atoms with van der Waals surface area (Å²) >= 11 is 1.77. The van der Waals surface area contributed by atoms with Gasteiger partial charge in [-0.3, -0.25) is 9.69 Å².